The molecule has 0 atom stereocenters. The molecule has 6 nitrogen and oxygen atoms in total. The molecule has 1 aromatic carbocycles. The fourth-order valence-electron chi connectivity index (χ4n) is 1.79. The monoisotopic (exact) mass is 304 g/mol. The van der Waals surface area contributed by atoms with E-state index in [1.807, 2.05) is 0 Å². The van der Waals surface area contributed by atoms with Gasteiger partial charge in [0.25, 0.3) is 0 Å². The molecule has 20 heavy (non-hydrogen) atoms. The van der Waals surface area contributed by atoms with Gasteiger partial charge in [-0.1, -0.05) is 28.0 Å². The Kier molecular flexibility index (Phi) is 2.54. The van der Waals surface area contributed by atoms with Crippen LogP contribution in [0.4, 0.5) is 4.39 Å². The Balaban J connectivity index is 1.92. The predicted molar refractivity (Wildman–Crippen MR) is 73.0 cm³/mol. The summed E-state index contributed by atoms with van der Waals surface area (Å²) in [5, 5.41) is 18.8. The maximum Gasteiger partial charge on any atom is 0.235 e. The molecule has 9 heteroatoms. The van der Waals surface area contributed by atoms with Crippen LogP contribution in [0.3, 0.4) is 0 Å². The quantitative estimate of drug-likeness (QED) is 0.569. The van der Waals surface area contributed by atoms with E-state index in [2.05, 4.69) is 24.9 Å². The molecule has 4 aromatic rings. The van der Waals surface area contributed by atoms with Gasteiger partial charge in [0.1, 0.15) is 11.5 Å². The van der Waals surface area contributed by atoms with Gasteiger partial charge in [-0.2, -0.15) is 9.61 Å². The van der Waals surface area contributed by atoms with Gasteiger partial charge in [-0.3, -0.25) is 0 Å². The summed E-state index contributed by atoms with van der Waals surface area (Å²) >= 11 is 2.59. The third-order valence-electron chi connectivity index (χ3n) is 2.68. The minimum atomic E-state index is -0.355. The van der Waals surface area contributed by atoms with Crippen LogP contribution in [0.5, 0.6) is 0 Å². The predicted octanol–water partition coefficient (Wildman–Crippen LogP) is 2.51. The van der Waals surface area contributed by atoms with Gasteiger partial charge in [0.2, 0.25) is 4.96 Å². The summed E-state index contributed by atoms with van der Waals surface area (Å²) in [6, 6.07) is 6.41. The zero-order chi connectivity index (χ0) is 13.5. The van der Waals surface area contributed by atoms with Crippen LogP contribution in [0.1, 0.15) is 0 Å². The second-order valence-corrected chi connectivity index (χ2v) is 5.46. The maximum absolute atomic E-state index is 13.8. The van der Waals surface area contributed by atoms with E-state index < -0.39 is 0 Å². The van der Waals surface area contributed by atoms with Gasteiger partial charge in [0.15, 0.2) is 10.8 Å². The summed E-state index contributed by atoms with van der Waals surface area (Å²) in [4.78, 5) is 0.589. The first-order chi connectivity index (χ1) is 9.83. The van der Waals surface area contributed by atoms with E-state index in [-0.39, 0.29) is 5.82 Å². The normalized spacial score (nSPS) is 11.2. The average molecular weight is 304 g/mol. The molecule has 0 bridgehead atoms. The largest absolute Gasteiger partial charge is 0.235 e. The molecule has 4 rings (SSSR count). The molecular weight excluding hydrogens is 299 g/mol. The Labute approximate surface area is 119 Å². The average Bonchev–Trinajstić information content (AvgIpc) is 3.15. The van der Waals surface area contributed by atoms with Gasteiger partial charge in [-0.15, -0.1) is 15.3 Å². The number of benzene rings is 1. The highest BCUT2D eigenvalue weighted by molar-refractivity contribution is 7.20. The summed E-state index contributed by atoms with van der Waals surface area (Å²) in [6.07, 6.45) is 0. The van der Waals surface area contributed by atoms with Crippen LogP contribution in [0, 0.1) is 5.82 Å². The van der Waals surface area contributed by atoms with Crippen molar-refractivity contribution in [1.82, 2.24) is 29.4 Å². The molecule has 0 N–H and O–H groups in total. The van der Waals surface area contributed by atoms with Gasteiger partial charge >= 0.3 is 0 Å². The van der Waals surface area contributed by atoms with E-state index in [0.717, 1.165) is 0 Å². The fraction of sp³-hybridized carbons (Fsp3) is 0. The van der Waals surface area contributed by atoms with Gasteiger partial charge in [-0.25, -0.2) is 4.39 Å². The summed E-state index contributed by atoms with van der Waals surface area (Å²) in [5.74, 6) is 0.0236. The van der Waals surface area contributed by atoms with E-state index in [0.29, 0.717) is 27.1 Å². The van der Waals surface area contributed by atoms with Crippen LogP contribution < -0.4 is 0 Å². The molecule has 0 saturated heterocycles. The van der Waals surface area contributed by atoms with Crippen molar-refractivity contribution in [3.8, 4) is 22.1 Å². The van der Waals surface area contributed by atoms with Crippen LogP contribution in [-0.4, -0.2) is 29.4 Å². The number of nitrogens with zero attached hydrogens (tertiary/aromatic N) is 6. The third kappa shape index (κ3) is 1.71. The van der Waals surface area contributed by atoms with Crippen molar-refractivity contribution in [3.05, 3.63) is 35.5 Å². The summed E-state index contributed by atoms with van der Waals surface area (Å²) in [7, 11) is 0. The number of rotatable bonds is 2. The van der Waals surface area contributed by atoms with Gasteiger partial charge < -0.3 is 0 Å². The molecule has 0 amide bonds. The molecule has 3 heterocycles. The Morgan fingerprint density at radius 3 is 2.80 bits per heavy atom. The Bertz CT molecular complexity index is 881. The molecule has 0 fully saturated rings. The van der Waals surface area contributed by atoms with Crippen molar-refractivity contribution < 1.29 is 4.39 Å². The van der Waals surface area contributed by atoms with E-state index in [1.54, 1.807) is 23.6 Å². The number of hydrogen-bond acceptors (Lipinski definition) is 7. The molecule has 0 radical (unpaired) electrons. The second kappa shape index (κ2) is 4.39. The molecule has 0 aliphatic carbocycles. The molecule has 0 spiro atoms. The van der Waals surface area contributed by atoms with Gasteiger partial charge in [0, 0.05) is 5.38 Å². The zero-order valence-electron chi connectivity index (χ0n) is 9.76. The van der Waals surface area contributed by atoms with Crippen LogP contribution in [0.15, 0.2) is 29.6 Å². The highest BCUT2D eigenvalue weighted by atomic mass is 32.1. The molecule has 0 aliphatic rings. The number of aromatic nitrogens is 6. The fourth-order valence-corrected chi connectivity index (χ4v) is 3.10. The van der Waals surface area contributed by atoms with Gasteiger partial charge in [-0.05, 0) is 23.7 Å². The smallest absolute Gasteiger partial charge is 0.206 e. The molecule has 0 saturated carbocycles. The molecule has 3 aromatic heterocycles. The topological polar surface area (TPSA) is 68.9 Å². The standard InChI is InChI=1S/C11H5FN6S2/c12-7-4-2-1-3-6(7)9-14-15-11-18(9)16-10(20-11)8-5-19-17-13-8/h1-5H. The molecule has 0 unspecified atom stereocenters. The summed E-state index contributed by atoms with van der Waals surface area (Å²) < 4.78 is 19.2. The Morgan fingerprint density at radius 1 is 1.10 bits per heavy atom. The van der Waals surface area contributed by atoms with Crippen molar-refractivity contribution in [2.45, 2.75) is 0 Å². The highest BCUT2D eigenvalue weighted by Crippen LogP contribution is 2.28. The van der Waals surface area contributed by atoms with Crippen molar-refractivity contribution in [1.29, 1.82) is 0 Å². The van der Waals surface area contributed by atoms with E-state index in [9.17, 15) is 4.39 Å². The minimum Gasteiger partial charge on any atom is -0.206 e. The molecular formula is C11H5FN6S2. The minimum absolute atomic E-state index is 0.355. The summed E-state index contributed by atoms with van der Waals surface area (Å²) in [5.41, 5.74) is 1.05. The van der Waals surface area contributed by atoms with Crippen molar-refractivity contribution in [3.63, 3.8) is 0 Å². The first kappa shape index (κ1) is 11.6. The number of hydrogen-bond donors (Lipinski definition) is 0. The van der Waals surface area contributed by atoms with Crippen LogP contribution >= 0.6 is 22.9 Å². The van der Waals surface area contributed by atoms with Crippen LogP contribution in [0.25, 0.3) is 27.1 Å². The first-order valence-electron chi connectivity index (χ1n) is 5.57. The number of fused-ring (bicyclic) bond motifs is 1. The van der Waals surface area contributed by atoms with E-state index in [4.69, 9.17) is 0 Å². The lowest BCUT2D eigenvalue weighted by atomic mass is 10.2. The Hall–Kier alpha value is -2.26. The lowest BCUT2D eigenvalue weighted by molar-refractivity contribution is 0.629. The molecule has 98 valence electrons. The van der Waals surface area contributed by atoms with Gasteiger partial charge in [0.05, 0.1) is 5.56 Å². The second-order valence-electron chi connectivity index (χ2n) is 3.90. The first-order valence-corrected chi connectivity index (χ1v) is 7.23. The zero-order valence-corrected chi connectivity index (χ0v) is 11.4. The molecule has 0 aliphatic heterocycles. The summed E-state index contributed by atoms with van der Waals surface area (Å²) in [6.45, 7) is 0. The van der Waals surface area contributed by atoms with E-state index >= 15 is 0 Å². The van der Waals surface area contributed by atoms with E-state index in [1.165, 1.54) is 33.5 Å². The van der Waals surface area contributed by atoms with Crippen LogP contribution in [0.2, 0.25) is 0 Å². The van der Waals surface area contributed by atoms with Crippen molar-refractivity contribution in [2.75, 3.05) is 0 Å². The SMILES string of the molecule is Fc1ccccc1-c1nnc2sc(-c3csnn3)nn12. The third-order valence-corrected chi connectivity index (χ3v) is 4.11. The highest BCUT2D eigenvalue weighted by Gasteiger charge is 2.17. The van der Waals surface area contributed by atoms with Crippen molar-refractivity contribution >= 4 is 27.8 Å². The van der Waals surface area contributed by atoms with Crippen LogP contribution in [-0.2, 0) is 0 Å². The lowest BCUT2D eigenvalue weighted by Gasteiger charge is -1.97. The lowest BCUT2D eigenvalue weighted by Crippen LogP contribution is -1.93. The maximum atomic E-state index is 13.8. The Morgan fingerprint density at radius 2 is 2.00 bits per heavy atom. The number of halogens is 1. The van der Waals surface area contributed by atoms with Crippen molar-refractivity contribution in [2.24, 2.45) is 0 Å².